The van der Waals surface area contributed by atoms with E-state index in [1.54, 1.807) is 47.8 Å². The lowest BCUT2D eigenvalue weighted by Gasteiger charge is -2.27. The molecule has 0 saturated carbocycles. The Hall–Kier alpha value is -2.34. The lowest BCUT2D eigenvalue weighted by atomic mass is 10.0. The molecule has 1 amide bonds. The van der Waals surface area contributed by atoms with E-state index in [1.807, 2.05) is 0 Å². The van der Waals surface area contributed by atoms with E-state index >= 15 is 0 Å². The maximum Gasteiger partial charge on any atom is 0.359 e. The van der Waals surface area contributed by atoms with Crippen LogP contribution in [0, 0.1) is 0 Å². The second kappa shape index (κ2) is 6.65. The van der Waals surface area contributed by atoms with Crippen molar-refractivity contribution in [2.24, 2.45) is 7.05 Å². The van der Waals surface area contributed by atoms with E-state index in [1.165, 1.54) is 0 Å². The van der Waals surface area contributed by atoms with Gasteiger partial charge in [0.15, 0.2) is 5.69 Å². The van der Waals surface area contributed by atoms with Crippen LogP contribution in [0.15, 0.2) is 24.3 Å². The number of fused-ring (bicyclic) bond motifs is 1. The van der Waals surface area contributed by atoms with Crippen LogP contribution >= 0.6 is 11.6 Å². The normalized spacial score (nSPS) is 13.5. The first-order valence-electron chi connectivity index (χ1n) is 7.78. The number of carbonyl (C=O) groups is 2. The summed E-state index contributed by atoms with van der Waals surface area (Å²) in [4.78, 5) is 26.5. The smallest absolute Gasteiger partial charge is 0.359 e. The van der Waals surface area contributed by atoms with Crippen molar-refractivity contribution in [3.05, 3.63) is 51.8 Å². The number of hydrogen-bond acceptors (Lipinski definition) is 4. The summed E-state index contributed by atoms with van der Waals surface area (Å²) >= 11 is 5.87. The average molecular weight is 348 g/mol. The van der Waals surface area contributed by atoms with E-state index in [-0.39, 0.29) is 12.5 Å². The zero-order valence-corrected chi connectivity index (χ0v) is 14.3. The summed E-state index contributed by atoms with van der Waals surface area (Å²) in [5.41, 5.74) is 2.61. The Morgan fingerprint density at radius 3 is 2.67 bits per heavy atom. The maximum absolute atomic E-state index is 12.7. The Kier molecular flexibility index (Phi) is 4.57. The Morgan fingerprint density at radius 1 is 1.29 bits per heavy atom. The highest BCUT2D eigenvalue weighted by molar-refractivity contribution is 6.30. The number of rotatable bonds is 3. The highest BCUT2D eigenvalue weighted by Crippen LogP contribution is 2.24. The van der Waals surface area contributed by atoms with Crippen LogP contribution in [0.3, 0.4) is 0 Å². The number of amides is 1. The van der Waals surface area contributed by atoms with Crippen LogP contribution in [0.5, 0.6) is 0 Å². The first-order valence-corrected chi connectivity index (χ1v) is 8.15. The Morgan fingerprint density at radius 2 is 2.00 bits per heavy atom. The summed E-state index contributed by atoms with van der Waals surface area (Å²) in [6.07, 6.45) is 0.650. The van der Waals surface area contributed by atoms with Gasteiger partial charge in [-0.25, -0.2) is 4.79 Å². The summed E-state index contributed by atoms with van der Waals surface area (Å²) < 4.78 is 6.77. The van der Waals surface area contributed by atoms with Crippen molar-refractivity contribution in [2.75, 3.05) is 13.2 Å². The number of hydrogen-bond donors (Lipinski definition) is 0. The number of halogens is 1. The Labute approximate surface area is 145 Å². The molecule has 1 aromatic heterocycles. The number of carbonyl (C=O) groups excluding carboxylic acids is 2. The number of nitrogens with zero attached hydrogens (tertiary/aromatic N) is 3. The predicted molar refractivity (Wildman–Crippen MR) is 89.1 cm³/mol. The van der Waals surface area contributed by atoms with E-state index in [4.69, 9.17) is 16.3 Å². The van der Waals surface area contributed by atoms with Gasteiger partial charge in [0.25, 0.3) is 5.91 Å². The first-order chi connectivity index (χ1) is 11.5. The number of benzene rings is 1. The van der Waals surface area contributed by atoms with Crippen LogP contribution < -0.4 is 0 Å². The van der Waals surface area contributed by atoms with Crippen molar-refractivity contribution in [3.8, 4) is 0 Å². The van der Waals surface area contributed by atoms with Gasteiger partial charge < -0.3 is 9.64 Å². The van der Waals surface area contributed by atoms with Crippen LogP contribution in [0.4, 0.5) is 0 Å². The Bertz CT molecular complexity index is 783. The molecule has 0 saturated heterocycles. The molecule has 126 valence electrons. The van der Waals surface area contributed by atoms with Crippen molar-refractivity contribution >= 4 is 23.5 Å². The van der Waals surface area contributed by atoms with Gasteiger partial charge in [0.05, 0.1) is 13.2 Å². The van der Waals surface area contributed by atoms with Gasteiger partial charge in [-0.15, -0.1) is 0 Å². The van der Waals surface area contributed by atoms with Gasteiger partial charge in [-0.3, -0.25) is 9.48 Å². The van der Waals surface area contributed by atoms with Gasteiger partial charge in [-0.05, 0) is 31.2 Å². The summed E-state index contributed by atoms with van der Waals surface area (Å²) in [5, 5.41) is 4.86. The van der Waals surface area contributed by atoms with Gasteiger partial charge in [0.1, 0.15) is 0 Å². The molecule has 7 heteroatoms. The van der Waals surface area contributed by atoms with Gasteiger partial charge in [0.2, 0.25) is 0 Å². The highest BCUT2D eigenvalue weighted by Gasteiger charge is 2.30. The summed E-state index contributed by atoms with van der Waals surface area (Å²) in [7, 11) is 1.80. The minimum atomic E-state index is -0.449. The number of esters is 1. The van der Waals surface area contributed by atoms with Gasteiger partial charge in [-0.1, -0.05) is 11.6 Å². The van der Waals surface area contributed by atoms with Crippen LogP contribution in [-0.4, -0.2) is 39.7 Å². The molecule has 0 spiro atoms. The SMILES string of the molecule is CCOC(=O)c1nn(C)c2c1CN(C(=O)c1ccc(Cl)cc1)CC2. The van der Waals surface area contributed by atoms with Gasteiger partial charge in [-0.2, -0.15) is 5.10 Å². The van der Waals surface area contributed by atoms with E-state index in [0.717, 1.165) is 11.3 Å². The second-order valence-electron chi connectivity index (χ2n) is 5.60. The monoisotopic (exact) mass is 347 g/mol. The average Bonchev–Trinajstić information content (AvgIpc) is 2.92. The molecule has 2 aromatic rings. The topological polar surface area (TPSA) is 64.4 Å². The zero-order valence-electron chi connectivity index (χ0n) is 13.6. The lowest BCUT2D eigenvalue weighted by Crippen LogP contribution is -2.36. The highest BCUT2D eigenvalue weighted by atomic mass is 35.5. The van der Waals surface area contributed by atoms with E-state index in [9.17, 15) is 9.59 Å². The van der Waals surface area contributed by atoms with Crippen LogP contribution in [-0.2, 0) is 24.8 Å². The minimum Gasteiger partial charge on any atom is -0.461 e. The predicted octanol–water partition coefficient (Wildman–Crippen LogP) is 2.45. The molecule has 3 rings (SSSR count). The Balaban J connectivity index is 1.86. The van der Waals surface area contributed by atoms with E-state index < -0.39 is 5.97 Å². The van der Waals surface area contributed by atoms with Crippen molar-refractivity contribution in [3.63, 3.8) is 0 Å². The molecular formula is C17H18ClN3O3. The quantitative estimate of drug-likeness (QED) is 0.800. The molecule has 0 fully saturated rings. The lowest BCUT2D eigenvalue weighted by molar-refractivity contribution is 0.0513. The molecular weight excluding hydrogens is 330 g/mol. The van der Waals surface area contributed by atoms with Crippen molar-refractivity contribution in [2.45, 2.75) is 19.9 Å². The minimum absolute atomic E-state index is 0.0871. The molecule has 24 heavy (non-hydrogen) atoms. The van der Waals surface area contributed by atoms with E-state index in [0.29, 0.717) is 35.8 Å². The molecule has 1 aromatic carbocycles. The molecule has 0 atom stereocenters. The molecule has 0 unspecified atom stereocenters. The fourth-order valence-electron chi connectivity index (χ4n) is 2.90. The second-order valence-corrected chi connectivity index (χ2v) is 6.04. The molecule has 1 aliphatic rings. The molecule has 2 heterocycles. The molecule has 1 aliphatic heterocycles. The first kappa shape index (κ1) is 16.5. The summed E-state index contributed by atoms with van der Waals surface area (Å²) in [6, 6.07) is 6.79. The molecule has 0 radical (unpaired) electrons. The van der Waals surface area contributed by atoms with Crippen molar-refractivity contribution in [1.29, 1.82) is 0 Å². The largest absolute Gasteiger partial charge is 0.461 e. The fraction of sp³-hybridized carbons (Fsp3) is 0.353. The zero-order chi connectivity index (χ0) is 17.3. The third-order valence-corrected chi connectivity index (χ3v) is 4.34. The fourth-order valence-corrected chi connectivity index (χ4v) is 3.03. The standard InChI is InChI=1S/C17H18ClN3O3/c1-3-24-17(23)15-13-10-21(9-8-14(13)20(2)19-15)16(22)11-4-6-12(18)7-5-11/h4-7H,3,8-10H2,1-2H3. The van der Waals surface area contributed by atoms with Gasteiger partial charge in [0, 0.05) is 41.9 Å². The van der Waals surface area contributed by atoms with Crippen LogP contribution in [0.2, 0.25) is 5.02 Å². The maximum atomic E-state index is 12.7. The summed E-state index contributed by atoms with van der Waals surface area (Å²) in [5.74, 6) is -0.536. The molecule has 6 nitrogen and oxygen atoms in total. The third-order valence-electron chi connectivity index (χ3n) is 4.09. The number of ether oxygens (including phenoxy) is 1. The van der Waals surface area contributed by atoms with Crippen LogP contribution in [0.25, 0.3) is 0 Å². The van der Waals surface area contributed by atoms with Crippen LogP contribution in [0.1, 0.15) is 39.0 Å². The molecule has 0 bridgehead atoms. The molecule has 0 aliphatic carbocycles. The summed E-state index contributed by atoms with van der Waals surface area (Å²) in [6.45, 7) is 2.97. The van der Waals surface area contributed by atoms with Crippen molar-refractivity contribution < 1.29 is 14.3 Å². The van der Waals surface area contributed by atoms with E-state index in [2.05, 4.69) is 5.10 Å². The third kappa shape index (κ3) is 3.01. The number of aryl methyl sites for hydroxylation is 1. The number of aromatic nitrogens is 2. The van der Waals surface area contributed by atoms with Crippen molar-refractivity contribution in [1.82, 2.24) is 14.7 Å². The molecule has 0 N–H and O–H groups in total. The van der Waals surface area contributed by atoms with Gasteiger partial charge >= 0.3 is 5.97 Å².